The predicted octanol–water partition coefficient (Wildman–Crippen LogP) is 1.94. The largest absolute Gasteiger partial charge is 0.492 e. The molecule has 0 fully saturated rings. The van der Waals surface area contributed by atoms with E-state index < -0.39 is 10.0 Å². The number of rotatable bonds is 6. The normalized spacial score (nSPS) is 12.1. The molecule has 5 nitrogen and oxygen atoms in total. The molecule has 6 heteroatoms. The van der Waals surface area contributed by atoms with E-state index in [0.29, 0.717) is 24.6 Å². The smallest absolute Gasteiger partial charge is 0.246 e. The molecule has 0 spiro atoms. The van der Waals surface area contributed by atoms with Gasteiger partial charge in [0.05, 0.1) is 6.61 Å². The zero-order valence-corrected chi connectivity index (χ0v) is 12.7. The second-order valence-electron chi connectivity index (χ2n) is 4.82. The second-order valence-corrected chi connectivity index (χ2v) is 6.83. The fourth-order valence-corrected chi connectivity index (χ4v) is 3.28. The highest BCUT2D eigenvalue weighted by atomic mass is 32.2. The summed E-state index contributed by atoms with van der Waals surface area (Å²) in [5, 5.41) is 0. The van der Waals surface area contributed by atoms with Crippen molar-refractivity contribution in [1.29, 1.82) is 0 Å². The number of anilines is 1. The summed E-state index contributed by atoms with van der Waals surface area (Å²) in [5.41, 5.74) is 6.09. The highest BCUT2D eigenvalue weighted by Crippen LogP contribution is 2.28. The number of nitrogens with two attached hydrogens (primary N) is 1. The van der Waals surface area contributed by atoms with Crippen LogP contribution in [0, 0.1) is 5.92 Å². The summed E-state index contributed by atoms with van der Waals surface area (Å²) < 4.78 is 31.7. The van der Waals surface area contributed by atoms with Crippen molar-refractivity contribution >= 4 is 15.7 Å². The van der Waals surface area contributed by atoms with Gasteiger partial charge in [-0.25, -0.2) is 12.7 Å². The fourth-order valence-electron chi connectivity index (χ4n) is 1.78. The highest BCUT2D eigenvalue weighted by Gasteiger charge is 2.25. The number of nitrogens with zero attached hydrogens (tertiary/aromatic N) is 1. The first kappa shape index (κ1) is 15.8. The first-order chi connectivity index (χ1) is 8.78. The predicted molar refractivity (Wildman–Crippen MR) is 76.7 cm³/mol. The third kappa shape index (κ3) is 3.84. The molecule has 0 aliphatic rings. The molecule has 108 valence electrons. The Bertz CT molecular complexity index is 527. The van der Waals surface area contributed by atoms with Crippen LogP contribution in [0.25, 0.3) is 0 Å². The molecule has 2 N–H and O–H groups in total. The maximum absolute atomic E-state index is 12.5. The van der Waals surface area contributed by atoms with Crippen LogP contribution in [0.2, 0.25) is 0 Å². The van der Waals surface area contributed by atoms with E-state index in [1.807, 2.05) is 20.8 Å². The summed E-state index contributed by atoms with van der Waals surface area (Å²) in [6, 6.07) is 4.67. The Balaban J connectivity index is 3.22. The van der Waals surface area contributed by atoms with Gasteiger partial charge in [-0.3, -0.25) is 0 Å². The average molecular weight is 286 g/mol. The van der Waals surface area contributed by atoms with Gasteiger partial charge in [0.2, 0.25) is 10.0 Å². The molecule has 0 amide bonds. The Hall–Kier alpha value is -1.27. The molecule has 0 saturated heterocycles. The van der Waals surface area contributed by atoms with E-state index in [2.05, 4.69) is 0 Å². The summed E-state index contributed by atoms with van der Waals surface area (Å²) >= 11 is 0. The van der Waals surface area contributed by atoms with Crippen molar-refractivity contribution in [3.63, 3.8) is 0 Å². The van der Waals surface area contributed by atoms with Crippen LogP contribution in [0.15, 0.2) is 23.1 Å². The maximum Gasteiger partial charge on any atom is 0.246 e. The third-order valence-corrected chi connectivity index (χ3v) is 4.42. The molecule has 0 bridgehead atoms. The quantitative estimate of drug-likeness (QED) is 0.811. The molecule has 1 aromatic rings. The SMILES string of the molecule is CCOc1ccc(N)cc1S(=O)(=O)N(C)CC(C)C. The van der Waals surface area contributed by atoms with Gasteiger partial charge in [-0.2, -0.15) is 0 Å². The van der Waals surface area contributed by atoms with Gasteiger partial charge in [0.1, 0.15) is 10.6 Å². The Morgan fingerprint density at radius 2 is 2.00 bits per heavy atom. The molecule has 0 unspecified atom stereocenters. The molecule has 0 aromatic heterocycles. The topological polar surface area (TPSA) is 72.6 Å². The molecular weight excluding hydrogens is 264 g/mol. The summed E-state index contributed by atoms with van der Waals surface area (Å²) in [7, 11) is -2.02. The van der Waals surface area contributed by atoms with Crippen molar-refractivity contribution < 1.29 is 13.2 Å². The Morgan fingerprint density at radius 1 is 1.37 bits per heavy atom. The Labute approximate surface area is 115 Å². The van der Waals surface area contributed by atoms with Crippen LogP contribution >= 0.6 is 0 Å². The number of ether oxygens (including phenoxy) is 1. The monoisotopic (exact) mass is 286 g/mol. The fraction of sp³-hybridized carbons (Fsp3) is 0.538. The summed E-state index contributed by atoms with van der Waals surface area (Å²) in [6.07, 6.45) is 0. The van der Waals surface area contributed by atoms with Gasteiger partial charge in [-0.1, -0.05) is 13.8 Å². The third-order valence-electron chi connectivity index (χ3n) is 2.58. The van der Waals surface area contributed by atoms with E-state index in [1.165, 1.54) is 10.4 Å². The number of hydrogen-bond acceptors (Lipinski definition) is 4. The zero-order chi connectivity index (χ0) is 14.6. The lowest BCUT2D eigenvalue weighted by atomic mass is 10.2. The lowest BCUT2D eigenvalue weighted by Crippen LogP contribution is -2.30. The van der Waals surface area contributed by atoms with Crippen LogP contribution in [-0.2, 0) is 10.0 Å². The van der Waals surface area contributed by atoms with Gasteiger partial charge in [0.25, 0.3) is 0 Å². The van der Waals surface area contributed by atoms with Crippen molar-refractivity contribution in [2.45, 2.75) is 25.7 Å². The average Bonchev–Trinajstić information content (AvgIpc) is 2.30. The van der Waals surface area contributed by atoms with Crippen LogP contribution in [0.3, 0.4) is 0 Å². The Kier molecular flexibility index (Phi) is 5.20. The van der Waals surface area contributed by atoms with Crippen molar-refractivity contribution in [2.24, 2.45) is 5.92 Å². The molecule has 0 radical (unpaired) electrons. The molecule has 1 aromatic carbocycles. The van der Waals surface area contributed by atoms with Gasteiger partial charge >= 0.3 is 0 Å². The number of hydrogen-bond donors (Lipinski definition) is 1. The molecule has 19 heavy (non-hydrogen) atoms. The van der Waals surface area contributed by atoms with Gasteiger partial charge < -0.3 is 10.5 Å². The van der Waals surface area contributed by atoms with Crippen LogP contribution < -0.4 is 10.5 Å². The standard InChI is InChI=1S/C13H22N2O3S/c1-5-18-12-7-6-11(14)8-13(12)19(16,17)15(4)9-10(2)3/h6-8,10H,5,9,14H2,1-4H3. The van der Waals surface area contributed by atoms with E-state index in [9.17, 15) is 8.42 Å². The second kappa shape index (κ2) is 6.25. The van der Waals surface area contributed by atoms with Crippen molar-refractivity contribution in [3.05, 3.63) is 18.2 Å². The number of sulfonamides is 1. The van der Waals surface area contributed by atoms with E-state index >= 15 is 0 Å². The van der Waals surface area contributed by atoms with Gasteiger partial charge in [0, 0.05) is 19.3 Å². The van der Waals surface area contributed by atoms with Gasteiger partial charge in [-0.15, -0.1) is 0 Å². The maximum atomic E-state index is 12.5. The van der Waals surface area contributed by atoms with Crippen LogP contribution in [0.4, 0.5) is 5.69 Å². The molecule has 1 rings (SSSR count). The summed E-state index contributed by atoms with van der Waals surface area (Å²) in [6.45, 7) is 6.59. The van der Waals surface area contributed by atoms with E-state index in [4.69, 9.17) is 10.5 Å². The lowest BCUT2D eigenvalue weighted by molar-refractivity contribution is 0.329. The molecular formula is C13H22N2O3S. The highest BCUT2D eigenvalue weighted by molar-refractivity contribution is 7.89. The van der Waals surface area contributed by atoms with Gasteiger partial charge in [-0.05, 0) is 31.0 Å². The van der Waals surface area contributed by atoms with Crippen molar-refractivity contribution in [2.75, 3.05) is 25.9 Å². The summed E-state index contributed by atoms with van der Waals surface area (Å²) in [4.78, 5) is 0.123. The van der Waals surface area contributed by atoms with E-state index in [0.717, 1.165) is 0 Å². The lowest BCUT2D eigenvalue weighted by Gasteiger charge is -2.21. The molecule has 0 heterocycles. The molecule has 0 aliphatic heterocycles. The number of benzene rings is 1. The first-order valence-corrected chi connectivity index (χ1v) is 7.71. The van der Waals surface area contributed by atoms with Gasteiger partial charge in [0.15, 0.2) is 0 Å². The molecule has 0 atom stereocenters. The summed E-state index contributed by atoms with van der Waals surface area (Å²) in [5.74, 6) is 0.587. The zero-order valence-electron chi connectivity index (χ0n) is 11.9. The van der Waals surface area contributed by atoms with Crippen LogP contribution in [0.1, 0.15) is 20.8 Å². The molecule has 0 saturated carbocycles. The minimum atomic E-state index is -3.58. The minimum Gasteiger partial charge on any atom is -0.492 e. The Morgan fingerprint density at radius 3 is 2.53 bits per heavy atom. The van der Waals surface area contributed by atoms with Crippen molar-refractivity contribution in [1.82, 2.24) is 4.31 Å². The van der Waals surface area contributed by atoms with Crippen LogP contribution in [0.5, 0.6) is 5.75 Å². The van der Waals surface area contributed by atoms with Crippen LogP contribution in [-0.4, -0.2) is 32.9 Å². The minimum absolute atomic E-state index is 0.123. The number of nitrogen functional groups attached to an aromatic ring is 1. The first-order valence-electron chi connectivity index (χ1n) is 6.27. The van der Waals surface area contributed by atoms with E-state index in [-0.39, 0.29) is 10.8 Å². The van der Waals surface area contributed by atoms with E-state index in [1.54, 1.807) is 19.2 Å². The van der Waals surface area contributed by atoms with Crippen molar-refractivity contribution in [3.8, 4) is 5.75 Å². The molecule has 0 aliphatic carbocycles.